The smallest absolute Gasteiger partial charge is 0.417 e. The number of rotatable bonds is 4. The van der Waals surface area contributed by atoms with Gasteiger partial charge in [0, 0.05) is 11.8 Å². The topological polar surface area (TPSA) is 55.4 Å². The maximum Gasteiger partial charge on any atom is 0.417 e. The molecule has 0 radical (unpaired) electrons. The Hall–Kier alpha value is -3.09. The number of methoxy groups -OCH3 is 1. The molecule has 0 bridgehead atoms. The van der Waals surface area contributed by atoms with E-state index < -0.39 is 23.6 Å². The van der Waals surface area contributed by atoms with Crippen LogP contribution in [0.25, 0.3) is 5.57 Å². The molecule has 0 heterocycles. The number of hydrogen-bond donors (Lipinski definition) is 1. The van der Waals surface area contributed by atoms with Gasteiger partial charge in [-0.05, 0) is 36.2 Å². The molecule has 1 N–H and O–H groups in total. The van der Waals surface area contributed by atoms with E-state index in [4.69, 9.17) is 0 Å². The first-order valence-corrected chi connectivity index (χ1v) is 7.56. The molecule has 0 aromatic heterocycles. The van der Waals surface area contributed by atoms with Gasteiger partial charge >= 0.3 is 12.1 Å². The molecule has 26 heavy (non-hydrogen) atoms. The third-order valence-corrected chi connectivity index (χ3v) is 3.57. The molecule has 0 saturated carbocycles. The monoisotopic (exact) mass is 363 g/mol. The molecule has 0 aliphatic rings. The van der Waals surface area contributed by atoms with Gasteiger partial charge in [0.15, 0.2) is 0 Å². The molecule has 0 atom stereocenters. The van der Waals surface area contributed by atoms with Gasteiger partial charge < -0.3 is 10.1 Å². The number of halogens is 3. The molecule has 0 unspecified atom stereocenters. The Labute approximate surface area is 148 Å². The van der Waals surface area contributed by atoms with Crippen molar-refractivity contribution >= 4 is 23.1 Å². The van der Waals surface area contributed by atoms with Crippen molar-refractivity contribution < 1.29 is 27.5 Å². The van der Waals surface area contributed by atoms with E-state index in [-0.39, 0.29) is 11.1 Å². The highest BCUT2D eigenvalue weighted by Gasteiger charge is 2.35. The minimum Gasteiger partial charge on any atom is -0.465 e. The summed E-state index contributed by atoms with van der Waals surface area (Å²) < 4.78 is 44.4. The molecule has 0 saturated heterocycles. The number of carbonyl (C=O) groups excluding carboxylic acids is 2. The first-order chi connectivity index (χ1) is 12.2. The van der Waals surface area contributed by atoms with Crippen molar-refractivity contribution in [2.24, 2.45) is 0 Å². The van der Waals surface area contributed by atoms with E-state index in [9.17, 15) is 22.8 Å². The predicted octanol–water partition coefficient (Wildman–Crippen LogP) is 4.37. The van der Waals surface area contributed by atoms with Crippen molar-refractivity contribution in [1.82, 2.24) is 0 Å². The van der Waals surface area contributed by atoms with Crippen LogP contribution in [-0.2, 0) is 9.53 Å². The highest BCUT2D eigenvalue weighted by molar-refractivity contribution is 6.05. The Kier molecular flexibility index (Phi) is 5.82. The van der Waals surface area contributed by atoms with Crippen LogP contribution in [0.5, 0.6) is 0 Å². The molecule has 0 aliphatic heterocycles. The summed E-state index contributed by atoms with van der Waals surface area (Å²) in [4.78, 5) is 23.6. The van der Waals surface area contributed by atoms with Crippen LogP contribution in [-0.4, -0.2) is 25.2 Å². The number of allylic oxidation sites excluding steroid dienone is 1. The van der Waals surface area contributed by atoms with Gasteiger partial charge in [0.2, 0.25) is 5.91 Å². The molecular formula is C19H16F3NO3. The quantitative estimate of drug-likeness (QED) is 0.648. The summed E-state index contributed by atoms with van der Waals surface area (Å²) in [6, 6.07) is 11.4. The van der Waals surface area contributed by atoms with Gasteiger partial charge in [-0.25, -0.2) is 4.79 Å². The van der Waals surface area contributed by atoms with E-state index in [0.29, 0.717) is 17.3 Å². The minimum atomic E-state index is -4.68. The first kappa shape index (κ1) is 19.2. The second kappa shape index (κ2) is 7.86. The molecule has 4 nitrogen and oxygen atoms in total. The number of hydrogen-bond acceptors (Lipinski definition) is 3. The second-order valence-corrected chi connectivity index (χ2v) is 5.43. The summed E-state index contributed by atoms with van der Waals surface area (Å²) >= 11 is 0. The highest BCUT2D eigenvalue weighted by Crippen LogP contribution is 2.33. The van der Waals surface area contributed by atoms with E-state index in [1.165, 1.54) is 49.6 Å². The lowest BCUT2D eigenvalue weighted by Gasteiger charge is -2.13. The van der Waals surface area contributed by atoms with E-state index in [0.717, 1.165) is 0 Å². The summed E-state index contributed by atoms with van der Waals surface area (Å²) in [5, 5.41) is 2.40. The normalized spacial score (nSPS) is 11.8. The SMILES string of the molecule is COC(=O)c1ccc(NC(=O)/C=C(/c2ccccc2)C(F)(F)F)c(C)c1. The zero-order valence-electron chi connectivity index (χ0n) is 14.1. The maximum atomic E-state index is 13.3. The van der Waals surface area contributed by atoms with Gasteiger partial charge in [-0.1, -0.05) is 30.3 Å². The number of anilines is 1. The largest absolute Gasteiger partial charge is 0.465 e. The number of benzene rings is 2. The van der Waals surface area contributed by atoms with E-state index in [1.807, 2.05) is 0 Å². The summed E-state index contributed by atoms with van der Waals surface area (Å²) in [6.45, 7) is 1.62. The third-order valence-electron chi connectivity index (χ3n) is 3.57. The number of carbonyl (C=O) groups is 2. The van der Waals surface area contributed by atoms with Crippen molar-refractivity contribution in [3.63, 3.8) is 0 Å². The van der Waals surface area contributed by atoms with Crippen LogP contribution in [0.4, 0.5) is 18.9 Å². The molecule has 0 fully saturated rings. The predicted molar refractivity (Wildman–Crippen MR) is 91.6 cm³/mol. The van der Waals surface area contributed by atoms with Crippen LogP contribution in [0.3, 0.4) is 0 Å². The molecule has 136 valence electrons. The zero-order chi connectivity index (χ0) is 19.3. The summed E-state index contributed by atoms with van der Waals surface area (Å²) in [5.41, 5.74) is -0.0532. The number of alkyl halides is 3. The van der Waals surface area contributed by atoms with Crippen molar-refractivity contribution in [2.45, 2.75) is 13.1 Å². The number of ether oxygens (including phenoxy) is 1. The van der Waals surface area contributed by atoms with E-state index in [1.54, 1.807) is 13.0 Å². The van der Waals surface area contributed by atoms with Crippen molar-refractivity contribution in [3.05, 3.63) is 71.3 Å². The first-order valence-electron chi connectivity index (χ1n) is 7.56. The summed E-state index contributed by atoms with van der Waals surface area (Å²) in [7, 11) is 1.24. The average Bonchev–Trinajstić information content (AvgIpc) is 2.60. The Morgan fingerprint density at radius 2 is 1.69 bits per heavy atom. The van der Waals surface area contributed by atoms with Crippen LogP contribution >= 0.6 is 0 Å². The zero-order valence-corrected chi connectivity index (χ0v) is 14.1. The Morgan fingerprint density at radius 1 is 1.04 bits per heavy atom. The Morgan fingerprint density at radius 3 is 2.23 bits per heavy atom. The van der Waals surface area contributed by atoms with Crippen molar-refractivity contribution in [3.8, 4) is 0 Å². The second-order valence-electron chi connectivity index (χ2n) is 5.43. The molecular weight excluding hydrogens is 347 g/mol. The van der Waals surface area contributed by atoms with Crippen LogP contribution in [0.2, 0.25) is 0 Å². The van der Waals surface area contributed by atoms with Gasteiger partial charge in [-0.3, -0.25) is 4.79 Å². The Bertz CT molecular complexity index is 843. The molecule has 0 spiro atoms. The fourth-order valence-corrected chi connectivity index (χ4v) is 2.30. The fraction of sp³-hybridized carbons (Fsp3) is 0.158. The van der Waals surface area contributed by atoms with Crippen molar-refractivity contribution in [2.75, 3.05) is 12.4 Å². The molecule has 1 amide bonds. The summed E-state index contributed by atoms with van der Waals surface area (Å²) in [6.07, 6.45) is -4.16. The third kappa shape index (κ3) is 4.72. The number of nitrogens with one attached hydrogen (secondary N) is 1. The van der Waals surface area contributed by atoms with Gasteiger partial charge in [0.25, 0.3) is 0 Å². The summed E-state index contributed by atoms with van der Waals surface area (Å²) in [5.74, 6) is -1.47. The van der Waals surface area contributed by atoms with Gasteiger partial charge in [-0.2, -0.15) is 13.2 Å². The molecule has 2 rings (SSSR count). The number of amides is 1. The van der Waals surface area contributed by atoms with Gasteiger partial charge in [0.05, 0.1) is 18.2 Å². The van der Waals surface area contributed by atoms with Crippen LogP contribution in [0, 0.1) is 6.92 Å². The van der Waals surface area contributed by atoms with E-state index >= 15 is 0 Å². The van der Waals surface area contributed by atoms with Crippen molar-refractivity contribution in [1.29, 1.82) is 0 Å². The Balaban J connectivity index is 2.28. The van der Waals surface area contributed by atoms with E-state index in [2.05, 4.69) is 10.1 Å². The average molecular weight is 363 g/mol. The number of aryl methyl sites for hydroxylation is 1. The minimum absolute atomic E-state index is 0.104. The van der Waals surface area contributed by atoms with Crippen LogP contribution in [0.15, 0.2) is 54.6 Å². The van der Waals surface area contributed by atoms with Crippen LogP contribution < -0.4 is 5.32 Å². The maximum absolute atomic E-state index is 13.3. The van der Waals surface area contributed by atoms with Gasteiger partial charge in [-0.15, -0.1) is 0 Å². The standard InChI is InChI=1S/C19H16F3NO3/c1-12-10-14(18(25)26-2)8-9-16(12)23-17(24)11-15(19(20,21)22)13-6-4-3-5-7-13/h3-11H,1-2H3,(H,23,24)/b15-11-. The number of esters is 1. The van der Waals surface area contributed by atoms with Crippen LogP contribution in [0.1, 0.15) is 21.5 Å². The highest BCUT2D eigenvalue weighted by atomic mass is 19.4. The van der Waals surface area contributed by atoms with Gasteiger partial charge in [0.1, 0.15) is 0 Å². The molecule has 2 aromatic rings. The molecule has 0 aliphatic carbocycles. The lowest BCUT2D eigenvalue weighted by atomic mass is 10.0. The molecule has 7 heteroatoms. The fourth-order valence-electron chi connectivity index (χ4n) is 2.30. The molecule has 2 aromatic carbocycles. The lowest BCUT2D eigenvalue weighted by molar-refractivity contribution is -0.112. The lowest BCUT2D eigenvalue weighted by Crippen LogP contribution is -2.16.